The van der Waals surface area contributed by atoms with Gasteiger partial charge in [0.15, 0.2) is 0 Å². The summed E-state index contributed by atoms with van der Waals surface area (Å²) in [5.74, 6) is 0.931. The molecule has 0 spiro atoms. The van der Waals surface area contributed by atoms with Crippen molar-refractivity contribution in [2.45, 2.75) is 33.6 Å². The van der Waals surface area contributed by atoms with Gasteiger partial charge < -0.3 is 15.1 Å². The van der Waals surface area contributed by atoms with E-state index in [0.717, 1.165) is 53.8 Å². The molecule has 0 radical (unpaired) electrons. The smallest absolute Gasteiger partial charge is 0.317 e. The van der Waals surface area contributed by atoms with Crippen LogP contribution in [0.5, 0.6) is 0 Å². The molecule has 0 aliphatic carbocycles. The number of aryl methyl sites for hydroxylation is 3. The zero-order chi connectivity index (χ0) is 18.5. The van der Waals surface area contributed by atoms with Crippen LogP contribution in [-0.2, 0) is 12.8 Å². The van der Waals surface area contributed by atoms with Crippen LogP contribution in [0.3, 0.4) is 0 Å². The van der Waals surface area contributed by atoms with Gasteiger partial charge in [-0.25, -0.2) is 14.8 Å². The molecule has 0 saturated carbocycles. The first-order chi connectivity index (χ1) is 12.6. The second kappa shape index (κ2) is 8.44. The fourth-order valence-corrected chi connectivity index (χ4v) is 3.84. The van der Waals surface area contributed by atoms with Crippen molar-refractivity contribution in [2.75, 3.05) is 37.6 Å². The zero-order valence-corrected chi connectivity index (χ0v) is 16.5. The van der Waals surface area contributed by atoms with E-state index in [9.17, 15) is 4.79 Å². The number of carbonyl (C=O) groups excluding carboxylic acids is 1. The van der Waals surface area contributed by atoms with Gasteiger partial charge in [-0.15, -0.1) is 11.3 Å². The molecular weight excluding hydrogens is 348 g/mol. The van der Waals surface area contributed by atoms with E-state index < -0.39 is 0 Å². The Balaban J connectivity index is 1.45. The van der Waals surface area contributed by atoms with E-state index in [0.29, 0.717) is 19.6 Å². The van der Waals surface area contributed by atoms with Crippen LogP contribution in [0.1, 0.15) is 29.0 Å². The van der Waals surface area contributed by atoms with E-state index in [1.165, 1.54) is 0 Å². The number of aromatic nitrogens is 3. The molecule has 140 valence electrons. The number of piperazine rings is 1. The van der Waals surface area contributed by atoms with Crippen LogP contribution in [0.15, 0.2) is 11.6 Å². The van der Waals surface area contributed by atoms with Crippen LogP contribution in [-0.4, -0.2) is 58.6 Å². The molecule has 8 heteroatoms. The minimum Gasteiger partial charge on any atom is -0.352 e. The van der Waals surface area contributed by atoms with Crippen LogP contribution in [0.25, 0.3) is 0 Å². The van der Waals surface area contributed by atoms with E-state index in [1.807, 2.05) is 18.7 Å². The van der Waals surface area contributed by atoms with Crippen LogP contribution < -0.4 is 10.2 Å². The lowest BCUT2D eigenvalue weighted by molar-refractivity contribution is 0.194. The number of carbonyl (C=O) groups is 1. The Morgan fingerprint density at radius 3 is 2.69 bits per heavy atom. The Hall–Kier alpha value is -2.22. The van der Waals surface area contributed by atoms with Gasteiger partial charge in [0.1, 0.15) is 5.82 Å². The van der Waals surface area contributed by atoms with Gasteiger partial charge in [-0.2, -0.15) is 0 Å². The molecule has 1 saturated heterocycles. The minimum atomic E-state index is 0.00368. The molecule has 0 aromatic carbocycles. The molecule has 3 heterocycles. The molecule has 2 amide bonds. The second-order valence-electron chi connectivity index (χ2n) is 6.46. The Labute approximate surface area is 158 Å². The first-order valence-electron chi connectivity index (χ1n) is 9.08. The summed E-state index contributed by atoms with van der Waals surface area (Å²) in [6.07, 6.45) is 3.53. The third kappa shape index (κ3) is 4.49. The molecule has 2 aromatic heterocycles. The Bertz CT molecular complexity index is 754. The summed E-state index contributed by atoms with van der Waals surface area (Å²) in [5.41, 5.74) is 2.98. The first-order valence-corrected chi connectivity index (χ1v) is 9.96. The largest absolute Gasteiger partial charge is 0.352 e. The molecule has 26 heavy (non-hydrogen) atoms. The quantitative estimate of drug-likeness (QED) is 0.868. The summed E-state index contributed by atoms with van der Waals surface area (Å²) < 4.78 is 0. The number of hydrogen-bond donors (Lipinski definition) is 1. The minimum absolute atomic E-state index is 0.00368. The first kappa shape index (κ1) is 18.6. The summed E-state index contributed by atoms with van der Waals surface area (Å²) in [6.45, 7) is 9.59. The number of nitrogens with zero attached hydrogens (tertiary/aromatic N) is 5. The zero-order valence-electron chi connectivity index (χ0n) is 15.7. The van der Waals surface area contributed by atoms with Crippen molar-refractivity contribution in [1.82, 2.24) is 25.2 Å². The van der Waals surface area contributed by atoms with Gasteiger partial charge >= 0.3 is 6.03 Å². The van der Waals surface area contributed by atoms with Gasteiger partial charge in [0.2, 0.25) is 0 Å². The number of hydrogen-bond acceptors (Lipinski definition) is 6. The van der Waals surface area contributed by atoms with Crippen molar-refractivity contribution < 1.29 is 4.79 Å². The number of nitrogens with one attached hydrogen (secondary N) is 1. The van der Waals surface area contributed by atoms with E-state index in [4.69, 9.17) is 0 Å². The van der Waals surface area contributed by atoms with Gasteiger partial charge in [-0.3, -0.25) is 4.98 Å². The molecule has 1 fully saturated rings. The number of amides is 2. The lowest BCUT2D eigenvalue weighted by atomic mass is 10.3. The van der Waals surface area contributed by atoms with Gasteiger partial charge in [-0.1, -0.05) is 6.92 Å². The number of anilines is 1. The van der Waals surface area contributed by atoms with Crippen molar-refractivity contribution >= 4 is 23.2 Å². The Morgan fingerprint density at radius 2 is 2.00 bits per heavy atom. The molecule has 1 aliphatic heterocycles. The summed E-state index contributed by atoms with van der Waals surface area (Å²) in [4.78, 5) is 30.0. The molecule has 0 bridgehead atoms. The molecule has 7 nitrogen and oxygen atoms in total. The molecule has 2 aromatic rings. The van der Waals surface area contributed by atoms with Crippen LogP contribution >= 0.6 is 11.3 Å². The number of thiazole rings is 1. The SMILES string of the molecule is CCc1csc(CCNC(=O)N2CCN(c3nc(C)cnc3C)CC2)n1. The predicted octanol–water partition coefficient (Wildman–Crippen LogP) is 2.19. The topological polar surface area (TPSA) is 74.2 Å². The van der Waals surface area contributed by atoms with Crippen molar-refractivity contribution in [2.24, 2.45) is 0 Å². The fraction of sp³-hybridized carbons (Fsp3) is 0.556. The number of urea groups is 1. The van der Waals surface area contributed by atoms with Crippen molar-refractivity contribution in [1.29, 1.82) is 0 Å². The summed E-state index contributed by atoms with van der Waals surface area (Å²) >= 11 is 1.67. The molecular formula is C18H26N6OS. The average Bonchev–Trinajstić information content (AvgIpc) is 3.12. The highest BCUT2D eigenvalue weighted by atomic mass is 32.1. The lowest BCUT2D eigenvalue weighted by Gasteiger charge is -2.35. The monoisotopic (exact) mass is 374 g/mol. The average molecular weight is 375 g/mol. The molecule has 3 rings (SSSR count). The molecule has 1 N–H and O–H groups in total. The maximum absolute atomic E-state index is 12.4. The van der Waals surface area contributed by atoms with Crippen LogP contribution in [0.2, 0.25) is 0 Å². The summed E-state index contributed by atoms with van der Waals surface area (Å²) in [7, 11) is 0. The van der Waals surface area contributed by atoms with Crippen molar-refractivity contribution in [3.8, 4) is 0 Å². The normalized spacial score (nSPS) is 14.6. The number of rotatable bonds is 5. The molecule has 1 aliphatic rings. The standard InChI is InChI=1S/C18H26N6OS/c1-4-15-12-26-16(22-15)5-6-19-18(25)24-9-7-23(8-10-24)17-14(3)20-11-13(2)21-17/h11-12H,4-10H2,1-3H3,(H,19,25). The highest BCUT2D eigenvalue weighted by Gasteiger charge is 2.23. The predicted molar refractivity (Wildman–Crippen MR) is 104 cm³/mol. The van der Waals surface area contributed by atoms with Crippen LogP contribution in [0, 0.1) is 13.8 Å². The third-order valence-electron chi connectivity index (χ3n) is 4.49. The van der Waals surface area contributed by atoms with Crippen molar-refractivity contribution in [3.63, 3.8) is 0 Å². The third-order valence-corrected chi connectivity index (χ3v) is 5.45. The lowest BCUT2D eigenvalue weighted by Crippen LogP contribution is -2.52. The highest BCUT2D eigenvalue weighted by Crippen LogP contribution is 2.17. The van der Waals surface area contributed by atoms with Crippen molar-refractivity contribution in [3.05, 3.63) is 33.7 Å². The molecule has 0 unspecified atom stereocenters. The Morgan fingerprint density at radius 1 is 1.23 bits per heavy atom. The van der Waals surface area contributed by atoms with Gasteiger partial charge in [0, 0.05) is 50.7 Å². The summed E-state index contributed by atoms with van der Waals surface area (Å²) in [5, 5.41) is 6.18. The second-order valence-corrected chi connectivity index (χ2v) is 7.41. The molecule has 0 atom stereocenters. The van der Waals surface area contributed by atoms with E-state index in [1.54, 1.807) is 17.5 Å². The van der Waals surface area contributed by atoms with E-state index in [2.05, 4.69) is 37.5 Å². The fourth-order valence-electron chi connectivity index (χ4n) is 2.96. The van der Waals surface area contributed by atoms with Gasteiger partial charge in [-0.05, 0) is 20.3 Å². The van der Waals surface area contributed by atoms with Gasteiger partial charge in [0.25, 0.3) is 0 Å². The maximum atomic E-state index is 12.4. The van der Waals surface area contributed by atoms with Gasteiger partial charge in [0.05, 0.1) is 22.1 Å². The highest BCUT2D eigenvalue weighted by molar-refractivity contribution is 7.09. The Kier molecular flexibility index (Phi) is 6.03. The van der Waals surface area contributed by atoms with Crippen LogP contribution in [0.4, 0.5) is 10.6 Å². The van der Waals surface area contributed by atoms with E-state index >= 15 is 0 Å². The van der Waals surface area contributed by atoms with E-state index in [-0.39, 0.29) is 6.03 Å². The maximum Gasteiger partial charge on any atom is 0.317 e. The summed E-state index contributed by atoms with van der Waals surface area (Å²) in [6, 6.07) is 0.00368.